The predicted molar refractivity (Wildman–Crippen MR) is 105 cm³/mol. The molecule has 1 aliphatic rings. The summed E-state index contributed by atoms with van der Waals surface area (Å²) in [4.78, 5) is 24.8. The number of cyclic esters (lactones) is 1. The minimum absolute atomic E-state index is 0.00438. The molecule has 2 rings (SSSR count). The van der Waals surface area contributed by atoms with Crippen LogP contribution in [0.4, 0.5) is 0 Å². The molecule has 1 aromatic rings. The zero-order valence-electron chi connectivity index (χ0n) is 17.2. The second-order valence-corrected chi connectivity index (χ2v) is 8.38. The van der Waals surface area contributed by atoms with Crippen LogP contribution in [0.3, 0.4) is 0 Å². The first kappa shape index (κ1) is 22.2. The summed E-state index contributed by atoms with van der Waals surface area (Å²) in [6.07, 6.45) is 0.446. The number of carbonyl (C=O) groups excluding carboxylic acids is 2. The van der Waals surface area contributed by atoms with Crippen molar-refractivity contribution >= 4 is 11.9 Å². The SMILES string of the molecule is C[C@@H]1OC(=O)[C@@H](CC(=O)OC(C)(C)C)CCCC[C@H](O)[C@H]1Oc1ccccc1. The van der Waals surface area contributed by atoms with Crippen LogP contribution < -0.4 is 4.74 Å². The number of para-hydroxylation sites is 1. The Morgan fingerprint density at radius 2 is 1.82 bits per heavy atom. The lowest BCUT2D eigenvalue weighted by molar-refractivity contribution is -0.168. The molecule has 0 unspecified atom stereocenters. The van der Waals surface area contributed by atoms with Crippen LogP contribution in [-0.4, -0.2) is 41.0 Å². The smallest absolute Gasteiger partial charge is 0.309 e. The summed E-state index contributed by atoms with van der Waals surface area (Å²) >= 11 is 0. The molecule has 28 heavy (non-hydrogen) atoms. The van der Waals surface area contributed by atoms with Gasteiger partial charge in [-0.3, -0.25) is 9.59 Å². The molecule has 1 heterocycles. The Labute approximate surface area is 167 Å². The highest BCUT2D eigenvalue weighted by Crippen LogP contribution is 2.25. The van der Waals surface area contributed by atoms with Crippen LogP contribution in [0.25, 0.3) is 0 Å². The van der Waals surface area contributed by atoms with E-state index in [0.717, 1.165) is 6.42 Å². The monoisotopic (exact) mass is 392 g/mol. The second-order valence-electron chi connectivity index (χ2n) is 8.38. The topological polar surface area (TPSA) is 82.1 Å². The lowest BCUT2D eigenvalue weighted by Crippen LogP contribution is -2.44. The Morgan fingerprint density at radius 1 is 1.18 bits per heavy atom. The van der Waals surface area contributed by atoms with Crippen molar-refractivity contribution in [3.63, 3.8) is 0 Å². The van der Waals surface area contributed by atoms with Gasteiger partial charge in [-0.2, -0.15) is 0 Å². The molecule has 1 aliphatic heterocycles. The first-order chi connectivity index (χ1) is 13.2. The fourth-order valence-electron chi connectivity index (χ4n) is 3.29. The Bertz CT molecular complexity index is 636. The summed E-state index contributed by atoms with van der Waals surface area (Å²) in [7, 11) is 0. The molecule has 0 radical (unpaired) electrons. The standard InChI is InChI=1S/C22H32O6/c1-15-20(27-17-11-6-5-7-12-17)18(23)13-9-8-10-16(21(25)26-15)14-19(24)28-22(2,3)4/h5-7,11-12,15-16,18,20,23H,8-10,13-14H2,1-4H3/t15-,16+,18-,20-/m0/s1. The molecule has 6 heteroatoms. The molecule has 0 aliphatic carbocycles. The minimum atomic E-state index is -0.745. The summed E-state index contributed by atoms with van der Waals surface area (Å²) in [5.41, 5.74) is -0.594. The van der Waals surface area contributed by atoms with Crippen molar-refractivity contribution < 1.29 is 28.9 Å². The first-order valence-corrected chi connectivity index (χ1v) is 9.98. The van der Waals surface area contributed by atoms with Gasteiger partial charge in [0.25, 0.3) is 0 Å². The second kappa shape index (κ2) is 9.92. The zero-order valence-corrected chi connectivity index (χ0v) is 17.2. The molecule has 156 valence electrons. The molecule has 0 bridgehead atoms. The predicted octanol–water partition coefficient (Wildman–Crippen LogP) is 3.65. The fourth-order valence-corrected chi connectivity index (χ4v) is 3.29. The van der Waals surface area contributed by atoms with E-state index in [1.165, 1.54) is 0 Å². The molecule has 6 nitrogen and oxygen atoms in total. The highest BCUT2D eigenvalue weighted by molar-refractivity contribution is 5.80. The van der Waals surface area contributed by atoms with Crippen LogP contribution in [0.15, 0.2) is 30.3 Å². The quantitative estimate of drug-likeness (QED) is 0.788. The molecule has 1 fully saturated rings. The van der Waals surface area contributed by atoms with Gasteiger partial charge >= 0.3 is 11.9 Å². The van der Waals surface area contributed by atoms with Crippen LogP contribution >= 0.6 is 0 Å². The van der Waals surface area contributed by atoms with Crippen molar-refractivity contribution in [3.8, 4) is 5.75 Å². The number of aliphatic hydroxyl groups excluding tert-OH is 1. The Kier molecular flexibility index (Phi) is 7.87. The van der Waals surface area contributed by atoms with Gasteiger partial charge in [-0.05, 0) is 52.7 Å². The summed E-state index contributed by atoms with van der Waals surface area (Å²) in [6.45, 7) is 7.10. The van der Waals surface area contributed by atoms with Crippen molar-refractivity contribution in [2.24, 2.45) is 5.92 Å². The Balaban J connectivity index is 2.07. The molecular weight excluding hydrogens is 360 g/mol. The summed E-state index contributed by atoms with van der Waals surface area (Å²) < 4.78 is 16.9. The van der Waals surface area contributed by atoms with Crippen LogP contribution in [0.1, 0.15) is 59.8 Å². The number of ether oxygens (including phenoxy) is 3. The van der Waals surface area contributed by atoms with Crippen LogP contribution in [0.2, 0.25) is 0 Å². The maximum atomic E-state index is 12.7. The van der Waals surface area contributed by atoms with Crippen molar-refractivity contribution in [2.75, 3.05) is 0 Å². The van der Waals surface area contributed by atoms with Gasteiger partial charge in [0.05, 0.1) is 18.4 Å². The van der Waals surface area contributed by atoms with Crippen molar-refractivity contribution in [2.45, 2.75) is 83.7 Å². The molecule has 1 aromatic carbocycles. The minimum Gasteiger partial charge on any atom is -0.484 e. The summed E-state index contributed by atoms with van der Waals surface area (Å²) in [6, 6.07) is 9.16. The Morgan fingerprint density at radius 3 is 2.46 bits per heavy atom. The van der Waals surface area contributed by atoms with E-state index in [1.54, 1.807) is 39.8 Å². The van der Waals surface area contributed by atoms with Gasteiger partial charge < -0.3 is 19.3 Å². The van der Waals surface area contributed by atoms with Gasteiger partial charge in [0.1, 0.15) is 17.5 Å². The van der Waals surface area contributed by atoms with Gasteiger partial charge in [-0.25, -0.2) is 0 Å². The average molecular weight is 392 g/mol. The van der Waals surface area contributed by atoms with Crippen molar-refractivity contribution in [3.05, 3.63) is 30.3 Å². The molecule has 0 saturated carbocycles. The number of rotatable bonds is 4. The Hall–Kier alpha value is -2.08. The van der Waals surface area contributed by atoms with E-state index in [2.05, 4.69) is 0 Å². The molecular formula is C22H32O6. The van der Waals surface area contributed by atoms with Crippen LogP contribution in [-0.2, 0) is 19.1 Å². The molecule has 0 spiro atoms. The van der Waals surface area contributed by atoms with E-state index >= 15 is 0 Å². The lowest BCUT2D eigenvalue weighted by Gasteiger charge is -2.31. The van der Waals surface area contributed by atoms with Crippen molar-refractivity contribution in [1.82, 2.24) is 0 Å². The summed E-state index contributed by atoms with van der Waals surface area (Å²) in [5.74, 6) is -0.799. The van der Waals surface area contributed by atoms with E-state index in [4.69, 9.17) is 14.2 Å². The maximum absolute atomic E-state index is 12.7. The fraction of sp³-hybridized carbons (Fsp3) is 0.636. The van der Waals surface area contributed by atoms with Crippen LogP contribution in [0, 0.1) is 5.92 Å². The van der Waals surface area contributed by atoms with E-state index < -0.39 is 41.8 Å². The van der Waals surface area contributed by atoms with Gasteiger partial charge in [0.2, 0.25) is 0 Å². The number of hydrogen-bond donors (Lipinski definition) is 1. The molecule has 1 saturated heterocycles. The molecule has 0 aromatic heterocycles. The maximum Gasteiger partial charge on any atom is 0.309 e. The highest BCUT2D eigenvalue weighted by Gasteiger charge is 2.34. The van der Waals surface area contributed by atoms with E-state index in [-0.39, 0.29) is 6.42 Å². The normalized spacial score (nSPS) is 26.8. The average Bonchev–Trinajstić information content (AvgIpc) is 2.60. The molecule has 0 amide bonds. The number of aliphatic hydroxyl groups is 1. The lowest BCUT2D eigenvalue weighted by atomic mass is 9.94. The zero-order chi connectivity index (χ0) is 20.7. The van der Waals surface area contributed by atoms with Crippen molar-refractivity contribution in [1.29, 1.82) is 0 Å². The third-order valence-electron chi connectivity index (χ3n) is 4.63. The first-order valence-electron chi connectivity index (χ1n) is 9.98. The van der Waals surface area contributed by atoms with E-state index in [1.807, 2.05) is 18.2 Å². The number of carbonyl (C=O) groups is 2. The number of hydrogen-bond acceptors (Lipinski definition) is 6. The third-order valence-corrected chi connectivity index (χ3v) is 4.63. The van der Waals surface area contributed by atoms with Gasteiger partial charge in [-0.1, -0.05) is 31.0 Å². The number of benzene rings is 1. The molecule has 4 atom stereocenters. The van der Waals surface area contributed by atoms with Gasteiger partial charge in [0, 0.05) is 0 Å². The largest absolute Gasteiger partial charge is 0.484 e. The third kappa shape index (κ3) is 7.15. The van der Waals surface area contributed by atoms with E-state index in [0.29, 0.717) is 25.0 Å². The van der Waals surface area contributed by atoms with Gasteiger partial charge in [-0.15, -0.1) is 0 Å². The van der Waals surface area contributed by atoms with Gasteiger partial charge in [0.15, 0.2) is 6.10 Å². The summed E-state index contributed by atoms with van der Waals surface area (Å²) in [5, 5.41) is 10.6. The number of esters is 2. The van der Waals surface area contributed by atoms with Crippen LogP contribution in [0.5, 0.6) is 5.75 Å². The molecule has 1 N–H and O–H groups in total. The highest BCUT2D eigenvalue weighted by atomic mass is 16.6. The van der Waals surface area contributed by atoms with E-state index in [9.17, 15) is 14.7 Å².